The number of amides is 2. The molecule has 1 aliphatic rings. The van der Waals surface area contributed by atoms with Crippen LogP contribution in [0.3, 0.4) is 0 Å². The molecule has 1 heterocycles. The van der Waals surface area contributed by atoms with Gasteiger partial charge in [0.15, 0.2) is 0 Å². The van der Waals surface area contributed by atoms with Crippen LogP contribution < -0.4 is 10.6 Å². The third kappa shape index (κ3) is 2.53. The number of hydrogen-bond acceptors (Lipinski definition) is 5. The first-order valence-corrected chi connectivity index (χ1v) is 6.52. The van der Waals surface area contributed by atoms with Gasteiger partial charge in [0.1, 0.15) is 0 Å². The molecule has 23 heavy (non-hydrogen) atoms. The van der Waals surface area contributed by atoms with Gasteiger partial charge in [-0.1, -0.05) is 18.2 Å². The van der Waals surface area contributed by atoms with Crippen molar-refractivity contribution >= 4 is 34.7 Å². The van der Waals surface area contributed by atoms with Gasteiger partial charge in [-0.05, 0) is 12.1 Å². The lowest BCUT2D eigenvalue weighted by molar-refractivity contribution is -0.384. The van der Waals surface area contributed by atoms with Crippen LogP contribution in [-0.4, -0.2) is 22.5 Å². The molecule has 114 valence electrons. The Bertz CT molecular complexity index is 861. The van der Waals surface area contributed by atoms with E-state index in [1.54, 1.807) is 30.3 Å². The molecular formula is C15H9N3O5. The molecule has 8 nitrogen and oxygen atoms in total. The number of non-ortho nitro benzene ring substituents is 1. The Balaban J connectivity index is 2.04. The number of anilines is 2. The molecule has 2 aromatic rings. The van der Waals surface area contributed by atoms with E-state index in [2.05, 4.69) is 10.6 Å². The summed E-state index contributed by atoms with van der Waals surface area (Å²) in [6, 6.07) is 10.3. The van der Waals surface area contributed by atoms with Gasteiger partial charge in [0, 0.05) is 17.7 Å². The fourth-order valence-electron chi connectivity index (χ4n) is 2.22. The fourth-order valence-corrected chi connectivity index (χ4v) is 2.22. The first-order chi connectivity index (χ1) is 11.0. The summed E-state index contributed by atoms with van der Waals surface area (Å²) in [7, 11) is 0. The number of benzene rings is 2. The zero-order chi connectivity index (χ0) is 16.6. The van der Waals surface area contributed by atoms with Gasteiger partial charge in [-0.15, -0.1) is 0 Å². The van der Waals surface area contributed by atoms with Crippen LogP contribution in [0.25, 0.3) is 0 Å². The van der Waals surface area contributed by atoms with Crippen molar-refractivity contribution in [1.29, 1.82) is 0 Å². The van der Waals surface area contributed by atoms with E-state index in [0.717, 1.165) is 12.1 Å². The van der Waals surface area contributed by atoms with Gasteiger partial charge in [0.05, 0.1) is 21.9 Å². The zero-order valence-corrected chi connectivity index (χ0v) is 11.5. The zero-order valence-electron chi connectivity index (χ0n) is 11.5. The van der Waals surface area contributed by atoms with Crippen molar-refractivity contribution in [3.8, 4) is 0 Å². The SMILES string of the molecule is O=C1Nc2c(NC(=O)c3ccccc3)cc([N+](=O)[O-])cc2C1=O. The predicted octanol–water partition coefficient (Wildman–Crippen LogP) is 1.98. The number of nitrogens with one attached hydrogen (secondary N) is 2. The minimum Gasteiger partial charge on any atom is -0.320 e. The summed E-state index contributed by atoms with van der Waals surface area (Å²) >= 11 is 0. The topological polar surface area (TPSA) is 118 Å². The Kier molecular flexibility index (Phi) is 3.34. The molecule has 2 N–H and O–H groups in total. The molecule has 2 aromatic carbocycles. The number of rotatable bonds is 3. The van der Waals surface area contributed by atoms with E-state index in [9.17, 15) is 24.5 Å². The number of hydrogen-bond donors (Lipinski definition) is 2. The average molecular weight is 311 g/mol. The molecule has 0 saturated heterocycles. The van der Waals surface area contributed by atoms with Crippen molar-refractivity contribution in [2.45, 2.75) is 0 Å². The van der Waals surface area contributed by atoms with E-state index in [1.165, 1.54) is 0 Å². The van der Waals surface area contributed by atoms with Crippen LogP contribution in [0.15, 0.2) is 42.5 Å². The van der Waals surface area contributed by atoms with Crippen LogP contribution in [-0.2, 0) is 4.79 Å². The van der Waals surface area contributed by atoms with E-state index >= 15 is 0 Å². The Morgan fingerprint density at radius 2 is 1.83 bits per heavy atom. The fraction of sp³-hybridized carbons (Fsp3) is 0. The van der Waals surface area contributed by atoms with Crippen molar-refractivity contribution in [1.82, 2.24) is 0 Å². The van der Waals surface area contributed by atoms with E-state index in [-0.39, 0.29) is 16.9 Å². The van der Waals surface area contributed by atoms with Crippen molar-refractivity contribution in [3.05, 3.63) is 63.7 Å². The summed E-state index contributed by atoms with van der Waals surface area (Å²) in [5.74, 6) is -2.28. The molecule has 0 unspecified atom stereocenters. The van der Waals surface area contributed by atoms with Crippen molar-refractivity contribution in [3.63, 3.8) is 0 Å². The van der Waals surface area contributed by atoms with Crippen molar-refractivity contribution in [2.75, 3.05) is 10.6 Å². The molecule has 0 aliphatic carbocycles. The summed E-state index contributed by atoms with van der Waals surface area (Å²) in [5.41, 5.74) is -0.120. The standard InChI is InChI=1S/C15H9N3O5/c19-13-10-6-9(18(22)23)7-11(12(10)17-15(13)21)16-14(20)8-4-2-1-3-5-8/h1-7H,(H,16,20)(H,17,19,21). The lowest BCUT2D eigenvalue weighted by Gasteiger charge is -2.09. The van der Waals surface area contributed by atoms with Gasteiger partial charge < -0.3 is 10.6 Å². The molecule has 0 aromatic heterocycles. The third-order valence-electron chi connectivity index (χ3n) is 3.31. The monoisotopic (exact) mass is 311 g/mol. The third-order valence-corrected chi connectivity index (χ3v) is 3.31. The normalized spacial score (nSPS) is 12.5. The molecule has 0 atom stereocenters. The molecule has 0 bridgehead atoms. The number of nitrogens with zero attached hydrogens (tertiary/aromatic N) is 1. The molecule has 2 amide bonds. The predicted molar refractivity (Wildman–Crippen MR) is 80.5 cm³/mol. The minimum absolute atomic E-state index is 0.00209. The highest BCUT2D eigenvalue weighted by atomic mass is 16.6. The summed E-state index contributed by atoms with van der Waals surface area (Å²) < 4.78 is 0. The molecule has 8 heteroatoms. The number of ketones is 1. The van der Waals surface area contributed by atoms with Gasteiger partial charge in [0.25, 0.3) is 23.3 Å². The molecular weight excluding hydrogens is 302 g/mol. The maximum Gasteiger partial charge on any atom is 0.296 e. The molecule has 1 aliphatic heterocycles. The summed E-state index contributed by atoms with van der Waals surface area (Å²) in [5, 5.41) is 15.8. The number of fused-ring (bicyclic) bond motifs is 1. The number of Topliss-reactive ketones (excluding diaryl/α,β-unsaturated/α-hetero) is 1. The van der Waals surface area contributed by atoms with Gasteiger partial charge >= 0.3 is 0 Å². The maximum absolute atomic E-state index is 12.2. The Hall–Kier alpha value is -3.55. The summed E-state index contributed by atoms with van der Waals surface area (Å²) in [4.78, 5) is 45.7. The van der Waals surface area contributed by atoms with Crippen LogP contribution in [0, 0.1) is 10.1 Å². The van der Waals surface area contributed by atoms with Gasteiger partial charge in [-0.3, -0.25) is 24.5 Å². The highest BCUT2D eigenvalue weighted by molar-refractivity contribution is 6.52. The second-order valence-electron chi connectivity index (χ2n) is 4.78. The molecule has 0 fully saturated rings. The Morgan fingerprint density at radius 3 is 2.48 bits per heavy atom. The first kappa shape index (κ1) is 14.4. The van der Waals surface area contributed by atoms with E-state index in [4.69, 9.17) is 0 Å². The molecule has 0 radical (unpaired) electrons. The van der Waals surface area contributed by atoms with Gasteiger partial charge in [-0.2, -0.15) is 0 Å². The molecule has 0 spiro atoms. The Morgan fingerprint density at radius 1 is 1.13 bits per heavy atom. The number of nitro groups is 1. The van der Waals surface area contributed by atoms with Crippen LogP contribution in [0.2, 0.25) is 0 Å². The molecule has 3 rings (SSSR count). The largest absolute Gasteiger partial charge is 0.320 e. The summed E-state index contributed by atoms with van der Waals surface area (Å²) in [6.45, 7) is 0. The van der Waals surface area contributed by atoms with E-state index < -0.39 is 28.2 Å². The highest BCUT2D eigenvalue weighted by Gasteiger charge is 2.33. The van der Waals surface area contributed by atoms with E-state index in [1.807, 2.05) is 0 Å². The number of carbonyl (C=O) groups excluding carboxylic acids is 3. The van der Waals surface area contributed by atoms with Crippen molar-refractivity contribution in [2.24, 2.45) is 0 Å². The highest BCUT2D eigenvalue weighted by Crippen LogP contribution is 2.35. The van der Waals surface area contributed by atoms with E-state index in [0.29, 0.717) is 5.56 Å². The maximum atomic E-state index is 12.2. The van der Waals surface area contributed by atoms with Crippen LogP contribution in [0.1, 0.15) is 20.7 Å². The van der Waals surface area contributed by atoms with Gasteiger partial charge in [0.2, 0.25) is 0 Å². The lowest BCUT2D eigenvalue weighted by Crippen LogP contribution is -2.14. The Labute approximate surface area is 129 Å². The second kappa shape index (κ2) is 5.34. The van der Waals surface area contributed by atoms with Crippen LogP contribution in [0.5, 0.6) is 0 Å². The van der Waals surface area contributed by atoms with Crippen LogP contribution in [0.4, 0.5) is 17.1 Å². The second-order valence-corrected chi connectivity index (χ2v) is 4.78. The lowest BCUT2D eigenvalue weighted by atomic mass is 10.1. The quantitative estimate of drug-likeness (QED) is 0.510. The van der Waals surface area contributed by atoms with Crippen molar-refractivity contribution < 1.29 is 19.3 Å². The smallest absolute Gasteiger partial charge is 0.296 e. The average Bonchev–Trinajstić information content (AvgIpc) is 2.83. The van der Waals surface area contributed by atoms with Gasteiger partial charge in [-0.25, -0.2) is 0 Å². The number of nitro benzene ring substituents is 1. The molecule has 0 saturated carbocycles. The first-order valence-electron chi connectivity index (χ1n) is 6.52. The summed E-state index contributed by atoms with van der Waals surface area (Å²) in [6.07, 6.45) is 0. The minimum atomic E-state index is -0.893. The van der Waals surface area contributed by atoms with Crippen LogP contribution >= 0.6 is 0 Å². The number of carbonyl (C=O) groups is 3.